The number of nitrogens with zero attached hydrogens (tertiary/aromatic N) is 3. The highest BCUT2D eigenvalue weighted by atomic mass is 35.5. The molecule has 2 amide bonds. The summed E-state index contributed by atoms with van der Waals surface area (Å²) in [6.45, 7) is 3.57. The molecule has 2 aromatic heterocycles. The molecule has 1 saturated heterocycles. The van der Waals surface area contributed by atoms with Crippen LogP contribution in [0.3, 0.4) is 0 Å². The number of benzene rings is 1. The molecular formula is C21H19ClN4O3. The van der Waals surface area contributed by atoms with Gasteiger partial charge in [0.25, 0.3) is 5.91 Å². The van der Waals surface area contributed by atoms with E-state index in [9.17, 15) is 9.59 Å². The maximum Gasteiger partial charge on any atom is 0.254 e. The lowest BCUT2D eigenvalue weighted by molar-refractivity contribution is -0.114. The van der Waals surface area contributed by atoms with Crippen molar-refractivity contribution in [3.63, 3.8) is 0 Å². The van der Waals surface area contributed by atoms with Crippen molar-refractivity contribution in [2.24, 2.45) is 0 Å². The molecule has 0 unspecified atom stereocenters. The number of amides is 2. The second-order valence-electron chi connectivity index (χ2n) is 6.71. The highest BCUT2D eigenvalue weighted by Crippen LogP contribution is 2.29. The minimum Gasteiger partial charge on any atom is -0.378 e. The van der Waals surface area contributed by atoms with E-state index in [4.69, 9.17) is 16.3 Å². The summed E-state index contributed by atoms with van der Waals surface area (Å²) in [5, 5.41) is 3.85. The smallest absolute Gasteiger partial charge is 0.254 e. The zero-order valence-corrected chi connectivity index (χ0v) is 16.6. The van der Waals surface area contributed by atoms with Crippen molar-refractivity contribution in [1.29, 1.82) is 0 Å². The third kappa shape index (κ3) is 4.06. The van der Waals surface area contributed by atoms with Gasteiger partial charge in [-0.15, -0.1) is 0 Å². The Kier molecular flexibility index (Phi) is 5.42. The number of hydrogen-bond donors (Lipinski definition) is 1. The lowest BCUT2D eigenvalue weighted by Gasteiger charge is -2.27. The van der Waals surface area contributed by atoms with Gasteiger partial charge in [0.15, 0.2) is 0 Å². The van der Waals surface area contributed by atoms with Gasteiger partial charge in [-0.2, -0.15) is 0 Å². The number of ether oxygens (including phenoxy) is 1. The number of carbonyl (C=O) groups excluding carboxylic acids is 2. The fourth-order valence-corrected chi connectivity index (χ4v) is 3.50. The first-order valence-electron chi connectivity index (χ1n) is 9.23. The molecule has 1 aliphatic heterocycles. The average molecular weight is 411 g/mol. The number of hydrogen-bond acceptors (Lipinski definition) is 5. The second kappa shape index (κ2) is 8.14. The lowest BCUT2D eigenvalue weighted by Crippen LogP contribution is -2.40. The van der Waals surface area contributed by atoms with Gasteiger partial charge in [-0.05, 0) is 24.3 Å². The summed E-state index contributed by atoms with van der Waals surface area (Å²) in [6, 6.07) is 10.6. The van der Waals surface area contributed by atoms with Crippen molar-refractivity contribution in [1.82, 2.24) is 14.9 Å². The first-order chi connectivity index (χ1) is 14.0. The maximum atomic E-state index is 13.2. The third-order valence-corrected chi connectivity index (χ3v) is 4.97. The summed E-state index contributed by atoms with van der Waals surface area (Å²) in [4.78, 5) is 35.2. The average Bonchev–Trinajstić information content (AvgIpc) is 2.74. The predicted molar refractivity (Wildman–Crippen MR) is 111 cm³/mol. The summed E-state index contributed by atoms with van der Waals surface area (Å²) in [5.74, 6) is -0.257. The molecule has 0 saturated carbocycles. The monoisotopic (exact) mass is 410 g/mol. The normalized spacial score (nSPS) is 14.1. The zero-order valence-electron chi connectivity index (χ0n) is 15.8. The van der Waals surface area contributed by atoms with E-state index in [1.807, 2.05) is 12.1 Å². The minimum atomic E-state index is -0.173. The molecule has 148 valence electrons. The number of pyridine rings is 2. The van der Waals surface area contributed by atoms with Crippen LogP contribution in [-0.4, -0.2) is 53.0 Å². The minimum absolute atomic E-state index is 0.0842. The molecule has 3 heterocycles. The number of morpholine rings is 1. The van der Waals surface area contributed by atoms with Crippen molar-refractivity contribution in [2.45, 2.75) is 6.92 Å². The van der Waals surface area contributed by atoms with Crippen molar-refractivity contribution in [3.05, 3.63) is 53.2 Å². The van der Waals surface area contributed by atoms with E-state index >= 15 is 0 Å². The lowest BCUT2D eigenvalue weighted by atomic mass is 10.0. The molecule has 7 nitrogen and oxygen atoms in total. The highest BCUT2D eigenvalue weighted by Gasteiger charge is 2.22. The molecular weight excluding hydrogens is 392 g/mol. The van der Waals surface area contributed by atoms with E-state index in [2.05, 4.69) is 15.3 Å². The zero-order chi connectivity index (χ0) is 20.4. The molecule has 0 spiro atoms. The molecule has 8 heteroatoms. The standard InChI is InChI=1S/C21H19ClN4O3/c1-13(27)24-14-5-6-18(23-12-14)19-11-16(21(28)26-7-9-29-10-8-26)15-3-2-4-17(22)20(15)25-19/h2-6,11-12H,7-10H2,1H3,(H,24,27). The van der Waals surface area contributed by atoms with Gasteiger partial charge < -0.3 is 15.0 Å². The number of aromatic nitrogens is 2. The Morgan fingerprint density at radius 1 is 1.14 bits per heavy atom. The van der Waals surface area contributed by atoms with Crippen LogP contribution < -0.4 is 5.32 Å². The van der Waals surface area contributed by atoms with E-state index in [1.165, 1.54) is 6.92 Å². The van der Waals surface area contributed by atoms with E-state index in [0.29, 0.717) is 64.9 Å². The summed E-state index contributed by atoms with van der Waals surface area (Å²) >= 11 is 6.39. The van der Waals surface area contributed by atoms with Crippen molar-refractivity contribution < 1.29 is 14.3 Å². The topological polar surface area (TPSA) is 84.4 Å². The van der Waals surface area contributed by atoms with E-state index in [1.54, 1.807) is 35.4 Å². The summed E-state index contributed by atoms with van der Waals surface area (Å²) < 4.78 is 5.36. The molecule has 4 rings (SSSR count). The Balaban J connectivity index is 1.80. The van der Waals surface area contributed by atoms with Crippen LogP contribution in [0.5, 0.6) is 0 Å². The number of carbonyl (C=O) groups is 2. The van der Waals surface area contributed by atoms with Gasteiger partial charge in [0.1, 0.15) is 0 Å². The number of para-hydroxylation sites is 1. The Morgan fingerprint density at radius 3 is 2.62 bits per heavy atom. The van der Waals surface area contributed by atoms with Crippen molar-refractivity contribution in [2.75, 3.05) is 31.6 Å². The number of anilines is 1. The predicted octanol–water partition coefficient (Wildman–Crippen LogP) is 3.38. The summed E-state index contributed by atoms with van der Waals surface area (Å²) in [7, 11) is 0. The highest BCUT2D eigenvalue weighted by molar-refractivity contribution is 6.35. The van der Waals surface area contributed by atoms with E-state index < -0.39 is 0 Å². The Hall–Kier alpha value is -3.03. The van der Waals surface area contributed by atoms with E-state index in [-0.39, 0.29) is 11.8 Å². The maximum absolute atomic E-state index is 13.2. The fraction of sp³-hybridized carbons (Fsp3) is 0.238. The molecule has 29 heavy (non-hydrogen) atoms. The Morgan fingerprint density at radius 2 is 1.93 bits per heavy atom. The second-order valence-corrected chi connectivity index (χ2v) is 7.12. The van der Waals surface area contributed by atoms with E-state index in [0.717, 1.165) is 0 Å². The number of fused-ring (bicyclic) bond motifs is 1. The van der Waals surface area contributed by atoms with Gasteiger partial charge >= 0.3 is 0 Å². The molecule has 0 radical (unpaired) electrons. The number of halogens is 1. The third-order valence-electron chi connectivity index (χ3n) is 4.67. The molecule has 1 fully saturated rings. The van der Waals surface area contributed by atoms with Crippen LogP contribution >= 0.6 is 11.6 Å². The molecule has 0 aliphatic carbocycles. The van der Waals surface area contributed by atoms with Crippen LogP contribution in [0.4, 0.5) is 5.69 Å². The quantitative estimate of drug-likeness (QED) is 0.715. The Bertz CT molecular complexity index is 1080. The number of rotatable bonds is 3. The van der Waals surface area contributed by atoms with Gasteiger partial charge in [-0.3, -0.25) is 14.6 Å². The number of nitrogens with one attached hydrogen (secondary N) is 1. The first-order valence-corrected chi connectivity index (χ1v) is 9.61. The molecule has 3 aromatic rings. The molecule has 1 N–H and O–H groups in total. The SMILES string of the molecule is CC(=O)Nc1ccc(-c2cc(C(=O)N3CCOCC3)c3cccc(Cl)c3n2)nc1. The summed E-state index contributed by atoms with van der Waals surface area (Å²) in [6.07, 6.45) is 1.55. The largest absolute Gasteiger partial charge is 0.378 e. The Labute approximate surface area is 172 Å². The van der Waals surface area contributed by atoms with Crippen LogP contribution in [0.25, 0.3) is 22.3 Å². The van der Waals surface area contributed by atoms with Crippen LogP contribution in [-0.2, 0) is 9.53 Å². The van der Waals surface area contributed by atoms with Crippen molar-refractivity contribution in [3.8, 4) is 11.4 Å². The van der Waals surface area contributed by atoms with Crippen LogP contribution in [0, 0.1) is 0 Å². The fourth-order valence-electron chi connectivity index (χ4n) is 3.28. The van der Waals surface area contributed by atoms with Gasteiger partial charge in [0.05, 0.1) is 52.6 Å². The van der Waals surface area contributed by atoms with Crippen LogP contribution in [0.1, 0.15) is 17.3 Å². The van der Waals surface area contributed by atoms with Crippen molar-refractivity contribution >= 4 is 40.0 Å². The van der Waals surface area contributed by atoms with Gasteiger partial charge in [-0.1, -0.05) is 23.7 Å². The molecule has 1 aromatic carbocycles. The molecule has 0 atom stereocenters. The van der Waals surface area contributed by atoms with Gasteiger partial charge in [0, 0.05) is 25.4 Å². The van der Waals surface area contributed by atoms with Gasteiger partial charge in [-0.25, -0.2) is 4.98 Å². The summed E-state index contributed by atoms with van der Waals surface area (Å²) in [5.41, 5.74) is 2.79. The van der Waals surface area contributed by atoms with Gasteiger partial charge in [0.2, 0.25) is 5.91 Å². The first kappa shape index (κ1) is 19.3. The molecule has 1 aliphatic rings. The molecule has 0 bridgehead atoms. The van der Waals surface area contributed by atoms with Crippen LogP contribution in [0.15, 0.2) is 42.6 Å². The van der Waals surface area contributed by atoms with Crippen LogP contribution in [0.2, 0.25) is 5.02 Å².